The highest BCUT2D eigenvalue weighted by Gasteiger charge is 2.07. The molecule has 0 atom stereocenters. The van der Waals surface area contributed by atoms with Gasteiger partial charge in [-0.15, -0.1) is 0 Å². The summed E-state index contributed by atoms with van der Waals surface area (Å²) >= 11 is 1.85. The Balaban J connectivity index is 2.42. The second-order valence-corrected chi connectivity index (χ2v) is 4.84. The zero-order valence-electron chi connectivity index (χ0n) is 9.73. The highest BCUT2D eigenvalue weighted by Crippen LogP contribution is 2.17. The Bertz CT molecular complexity index is 490. The van der Waals surface area contributed by atoms with E-state index in [-0.39, 0.29) is 0 Å². The molecule has 0 bridgehead atoms. The molecule has 1 aromatic carbocycles. The van der Waals surface area contributed by atoms with Crippen LogP contribution in [0.4, 0.5) is 0 Å². The van der Waals surface area contributed by atoms with Gasteiger partial charge in [0.2, 0.25) is 0 Å². The average molecular weight is 235 g/mol. The van der Waals surface area contributed by atoms with Gasteiger partial charge < -0.3 is 10.3 Å². The minimum Gasteiger partial charge on any atom is -0.331 e. The number of rotatable bonds is 4. The van der Waals surface area contributed by atoms with Crippen molar-refractivity contribution in [2.75, 3.05) is 12.0 Å². The zero-order chi connectivity index (χ0) is 11.5. The van der Waals surface area contributed by atoms with Crippen LogP contribution in [0, 0.1) is 0 Å². The maximum atomic E-state index is 5.64. The van der Waals surface area contributed by atoms with Crippen LogP contribution in [0.15, 0.2) is 18.2 Å². The van der Waals surface area contributed by atoms with Gasteiger partial charge in [-0.05, 0) is 24.0 Å². The topological polar surface area (TPSA) is 43.8 Å². The fourth-order valence-corrected chi connectivity index (χ4v) is 2.22. The van der Waals surface area contributed by atoms with Crippen molar-refractivity contribution in [3.63, 3.8) is 0 Å². The molecular weight excluding hydrogens is 218 g/mol. The number of aryl methyl sites for hydroxylation is 2. The molecule has 2 N–H and O–H groups in total. The number of nitrogens with zero attached hydrogens (tertiary/aromatic N) is 2. The lowest BCUT2D eigenvalue weighted by Gasteiger charge is -2.01. The molecule has 0 saturated heterocycles. The van der Waals surface area contributed by atoms with E-state index in [9.17, 15) is 0 Å². The molecule has 0 aliphatic heterocycles. The normalized spacial score (nSPS) is 11.2. The van der Waals surface area contributed by atoms with E-state index in [0.717, 1.165) is 29.1 Å². The Labute approximate surface area is 100 Å². The van der Waals surface area contributed by atoms with E-state index in [1.54, 1.807) is 0 Å². The Hall–Kier alpha value is -1.00. The molecule has 16 heavy (non-hydrogen) atoms. The van der Waals surface area contributed by atoms with Crippen LogP contribution in [0.3, 0.4) is 0 Å². The van der Waals surface area contributed by atoms with Crippen LogP contribution in [0.25, 0.3) is 11.0 Å². The van der Waals surface area contributed by atoms with Crippen molar-refractivity contribution >= 4 is 22.8 Å². The predicted molar refractivity (Wildman–Crippen MR) is 70.7 cm³/mol. The Kier molecular flexibility index (Phi) is 3.51. The third-order valence-electron chi connectivity index (χ3n) is 2.80. The van der Waals surface area contributed by atoms with Crippen molar-refractivity contribution in [3.8, 4) is 0 Å². The van der Waals surface area contributed by atoms with Gasteiger partial charge in [0.15, 0.2) is 0 Å². The van der Waals surface area contributed by atoms with Crippen molar-refractivity contribution in [3.05, 3.63) is 29.6 Å². The number of aromatic nitrogens is 2. The summed E-state index contributed by atoms with van der Waals surface area (Å²) in [6.45, 7) is 0.585. The number of nitrogens with two attached hydrogens (primary N) is 1. The first-order chi connectivity index (χ1) is 7.76. The maximum absolute atomic E-state index is 5.64. The standard InChI is InChI=1S/C12H17N3S/c1-15-11-7-9(8-13)3-4-10(11)14-12(15)5-6-16-2/h3-4,7H,5-6,8,13H2,1-2H3. The molecule has 0 fully saturated rings. The lowest BCUT2D eigenvalue weighted by Crippen LogP contribution is -2.00. The maximum Gasteiger partial charge on any atom is 0.110 e. The Morgan fingerprint density at radius 3 is 2.94 bits per heavy atom. The minimum atomic E-state index is 0.585. The molecule has 4 heteroatoms. The molecule has 0 saturated carbocycles. The van der Waals surface area contributed by atoms with Crippen molar-refractivity contribution in [2.24, 2.45) is 12.8 Å². The minimum absolute atomic E-state index is 0.585. The van der Waals surface area contributed by atoms with Crippen molar-refractivity contribution < 1.29 is 0 Å². The molecule has 0 spiro atoms. The molecule has 0 amide bonds. The number of thioether (sulfide) groups is 1. The summed E-state index contributed by atoms with van der Waals surface area (Å²) in [6.07, 6.45) is 3.14. The van der Waals surface area contributed by atoms with Gasteiger partial charge in [-0.25, -0.2) is 4.98 Å². The summed E-state index contributed by atoms with van der Waals surface area (Å²) in [7, 11) is 2.07. The number of hydrogen-bond donors (Lipinski definition) is 1. The fourth-order valence-electron chi connectivity index (χ4n) is 1.83. The summed E-state index contributed by atoms with van der Waals surface area (Å²) in [5.74, 6) is 2.26. The van der Waals surface area contributed by atoms with Gasteiger partial charge >= 0.3 is 0 Å². The summed E-state index contributed by atoms with van der Waals surface area (Å²) in [5, 5.41) is 0. The van der Waals surface area contributed by atoms with Gasteiger partial charge in [-0.3, -0.25) is 0 Å². The summed E-state index contributed by atoms with van der Waals surface area (Å²) < 4.78 is 2.17. The molecule has 86 valence electrons. The predicted octanol–water partition coefficient (Wildman–Crippen LogP) is 1.94. The van der Waals surface area contributed by atoms with Crippen LogP contribution in [0.5, 0.6) is 0 Å². The quantitative estimate of drug-likeness (QED) is 0.880. The van der Waals surface area contributed by atoms with Gasteiger partial charge in [-0.1, -0.05) is 6.07 Å². The summed E-state index contributed by atoms with van der Waals surface area (Å²) in [4.78, 5) is 4.63. The van der Waals surface area contributed by atoms with Gasteiger partial charge in [-0.2, -0.15) is 11.8 Å². The number of imidazole rings is 1. The van der Waals surface area contributed by atoms with Crippen LogP contribution < -0.4 is 5.73 Å². The first kappa shape index (κ1) is 11.5. The number of fused-ring (bicyclic) bond motifs is 1. The zero-order valence-corrected chi connectivity index (χ0v) is 10.5. The van der Waals surface area contributed by atoms with E-state index < -0.39 is 0 Å². The van der Waals surface area contributed by atoms with Crippen molar-refractivity contribution in [1.29, 1.82) is 0 Å². The van der Waals surface area contributed by atoms with E-state index >= 15 is 0 Å². The largest absolute Gasteiger partial charge is 0.331 e. The third kappa shape index (κ3) is 2.08. The number of benzene rings is 1. The molecular formula is C12H17N3S. The van der Waals surface area contributed by atoms with Crippen LogP contribution in [-0.2, 0) is 20.0 Å². The second kappa shape index (κ2) is 4.89. The Morgan fingerprint density at radius 2 is 2.25 bits per heavy atom. The summed E-state index contributed by atoms with van der Waals surface area (Å²) in [5.41, 5.74) is 9.05. The molecule has 0 aliphatic rings. The first-order valence-electron chi connectivity index (χ1n) is 5.39. The molecule has 3 nitrogen and oxygen atoms in total. The highest BCUT2D eigenvalue weighted by molar-refractivity contribution is 7.98. The monoisotopic (exact) mass is 235 g/mol. The molecule has 1 aromatic heterocycles. The van der Waals surface area contributed by atoms with Gasteiger partial charge in [0, 0.05) is 25.8 Å². The molecule has 2 rings (SSSR count). The van der Waals surface area contributed by atoms with Gasteiger partial charge in [0.1, 0.15) is 5.82 Å². The second-order valence-electron chi connectivity index (χ2n) is 3.86. The molecule has 0 unspecified atom stereocenters. The molecule has 0 aliphatic carbocycles. The van der Waals surface area contributed by atoms with E-state index in [1.807, 2.05) is 17.8 Å². The fraction of sp³-hybridized carbons (Fsp3) is 0.417. The smallest absolute Gasteiger partial charge is 0.110 e. The van der Waals surface area contributed by atoms with E-state index in [1.165, 1.54) is 5.52 Å². The van der Waals surface area contributed by atoms with Crippen LogP contribution in [0.2, 0.25) is 0 Å². The summed E-state index contributed by atoms with van der Waals surface area (Å²) in [6, 6.07) is 6.23. The van der Waals surface area contributed by atoms with E-state index in [4.69, 9.17) is 5.73 Å². The van der Waals surface area contributed by atoms with Gasteiger partial charge in [0.05, 0.1) is 11.0 Å². The number of hydrogen-bond acceptors (Lipinski definition) is 3. The Morgan fingerprint density at radius 1 is 1.44 bits per heavy atom. The molecule has 2 aromatic rings. The van der Waals surface area contributed by atoms with E-state index in [2.05, 4.69) is 35.0 Å². The lowest BCUT2D eigenvalue weighted by atomic mass is 10.2. The first-order valence-corrected chi connectivity index (χ1v) is 6.79. The molecule has 0 radical (unpaired) electrons. The average Bonchev–Trinajstić information content (AvgIpc) is 2.63. The van der Waals surface area contributed by atoms with Crippen LogP contribution >= 0.6 is 11.8 Å². The van der Waals surface area contributed by atoms with Crippen molar-refractivity contribution in [2.45, 2.75) is 13.0 Å². The third-order valence-corrected chi connectivity index (χ3v) is 3.42. The van der Waals surface area contributed by atoms with E-state index in [0.29, 0.717) is 6.54 Å². The van der Waals surface area contributed by atoms with Crippen LogP contribution in [0.1, 0.15) is 11.4 Å². The lowest BCUT2D eigenvalue weighted by molar-refractivity contribution is 0.833. The highest BCUT2D eigenvalue weighted by atomic mass is 32.2. The SMILES string of the molecule is CSCCc1nc2ccc(CN)cc2n1C. The van der Waals surface area contributed by atoms with Crippen LogP contribution in [-0.4, -0.2) is 21.6 Å². The van der Waals surface area contributed by atoms with Gasteiger partial charge in [0.25, 0.3) is 0 Å². The van der Waals surface area contributed by atoms with Crippen molar-refractivity contribution in [1.82, 2.24) is 9.55 Å². The molecule has 1 heterocycles.